The number of nitrogens with one attached hydrogen (secondary N) is 1. The summed E-state index contributed by atoms with van der Waals surface area (Å²) >= 11 is 0. The van der Waals surface area contributed by atoms with Crippen molar-refractivity contribution in [3.05, 3.63) is 52.2 Å². The number of nitro groups is 1. The lowest BCUT2D eigenvalue weighted by Crippen LogP contribution is -2.07. The third kappa shape index (κ3) is 2.97. The zero-order chi connectivity index (χ0) is 15.4. The quantitative estimate of drug-likeness (QED) is 0.527. The van der Waals surface area contributed by atoms with Crippen molar-refractivity contribution in [2.45, 2.75) is 0 Å². The molecule has 0 aliphatic heterocycles. The Hall–Kier alpha value is -2.96. The lowest BCUT2D eigenvalue weighted by Gasteiger charge is -2.09. The molecule has 2 rings (SSSR count). The van der Waals surface area contributed by atoms with Gasteiger partial charge in [0.25, 0.3) is 5.69 Å². The number of carbonyl (C=O) groups is 1. The van der Waals surface area contributed by atoms with Crippen LogP contribution in [0.4, 0.5) is 11.5 Å². The number of anilines is 1. The van der Waals surface area contributed by atoms with Gasteiger partial charge < -0.3 is 10.1 Å². The Morgan fingerprint density at radius 3 is 2.48 bits per heavy atom. The van der Waals surface area contributed by atoms with Gasteiger partial charge in [-0.15, -0.1) is 0 Å². The molecule has 0 amide bonds. The van der Waals surface area contributed by atoms with Gasteiger partial charge in [-0.2, -0.15) is 0 Å². The summed E-state index contributed by atoms with van der Waals surface area (Å²) in [5.41, 5.74) is 1.70. The molecule has 0 saturated heterocycles. The summed E-state index contributed by atoms with van der Waals surface area (Å²) in [5.74, 6) is -0.0943. The number of carbonyl (C=O) groups excluding carboxylic acids is 1. The Morgan fingerprint density at radius 2 is 1.95 bits per heavy atom. The molecule has 0 atom stereocenters. The molecular weight excluding hydrogens is 274 g/mol. The largest absolute Gasteiger partial charge is 0.465 e. The van der Waals surface area contributed by atoms with Gasteiger partial charge in [-0.1, -0.05) is 0 Å². The van der Waals surface area contributed by atoms with Crippen LogP contribution in [0.1, 0.15) is 10.4 Å². The van der Waals surface area contributed by atoms with Gasteiger partial charge in [-0.25, -0.2) is 9.78 Å². The summed E-state index contributed by atoms with van der Waals surface area (Å²) in [4.78, 5) is 26.1. The van der Waals surface area contributed by atoms with Crippen LogP contribution >= 0.6 is 0 Å². The highest BCUT2D eigenvalue weighted by Gasteiger charge is 2.14. The number of methoxy groups -OCH3 is 1. The molecule has 0 spiro atoms. The van der Waals surface area contributed by atoms with Gasteiger partial charge in [0.05, 0.1) is 12.0 Å². The minimum Gasteiger partial charge on any atom is -0.465 e. The van der Waals surface area contributed by atoms with E-state index in [4.69, 9.17) is 4.74 Å². The third-order valence-corrected chi connectivity index (χ3v) is 2.94. The van der Waals surface area contributed by atoms with Gasteiger partial charge in [0.2, 0.25) is 0 Å². The number of rotatable bonds is 4. The summed E-state index contributed by atoms with van der Waals surface area (Å²) in [6.45, 7) is 0. The van der Waals surface area contributed by atoms with E-state index in [-0.39, 0.29) is 5.69 Å². The Morgan fingerprint density at radius 1 is 1.29 bits per heavy atom. The number of non-ortho nitro benzene ring substituents is 1. The number of ether oxygens (including phenoxy) is 1. The summed E-state index contributed by atoms with van der Waals surface area (Å²) in [5, 5.41) is 13.5. The van der Waals surface area contributed by atoms with Crippen LogP contribution in [0.25, 0.3) is 11.1 Å². The molecule has 1 N–H and O–H groups in total. The normalized spacial score (nSPS) is 10.0. The Bertz CT molecular complexity index is 683. The summed E-state index contributed by atoms with van der Waals surface area (Å²) in [6.07, 6.45) is 1.58. The molecule has 0 aliphatic rings. The number of aromatic nitrogens is 1. The predicted molar refractivity (Wildman–Crippen MR) is 77.2 cm³/mol. The Labute approximate surface area is 120 Å². The molecule has 21 heavy (non-hydrogen) atoms. The summed E-state index contributed by atoms with van der Waals surface area (Å²) < 4.78 is 4.71. The van der Waals surface area contributed by atoms with Crippen molar-refractivity contribution < 1.29 is 14.5 Å². The fourth-order valence-corrected chi connectivity index (χ4v) is 1.86. The van der Waals surface area contributed by atoms with Crippen LogP contribution < -0.4 is 5.32 Å². The molecule has 1 heterocycles. The number of benzene rings is 1. The van der Waals surface area contributed by atoms with Crippen LogP contribution in [0, 0.1) is 10.1 Å². The average molecular weight is 287 g/mol. The molecule has 1 aromatic carbocycles. The van der Waals surface area contributed by atoms with Crippen LogP contribution in [-0.4, -0.2) is 30.0 Å². The van der Waals surface area contributed by atoms with E-state index >= 15 is 0 Å². The van der Waals surface area contributed by atoms with Gasteiger partial charge in [0.1, 0.15) is 11.4 Å². The Kier molecular flexibility index (Phi) is 4.13. The van der Waals surface area contributed by atoms with Crippen LogP contribution in [0.5, 0.6) is 0 Å². The van der Waals surface area contributed by atoms with E-state index in [1.54, 1.807) is 31.4 Å². The molecule has 0 aliphatic carbocycles. The summed E-state index contributed by atoms with van der Waals surface area (Å²) in [6, 6.07) is 7.65. The van der Waals surface area contributed by atoms with Gasteiger partial charge in [-0.05, 0) is 23.8 Å². The van der Waals surface area contributed by atoms with Gasteiger partial charge >= 0.3 is 5.97 Å². The number of nitro benzene ring substituents is 1. The van der Waals surface area contributed by atoms with Crippen molar-refractivity contribution in [1.82, 2.24) is 4.98 Å². The molecule has 7 heteroatoms. The Balaban J connectivity index is 2.44. The minimum absolute atomic E-state index is 0.00625. The first kappa shape index (κ1) is 14.4. The molecule has 0 unspecified atom stereocenters. The van der Waals surface area contributed by atoms with Gasteiger partial charge in [-0.3, -0.25) is 10.1 Å². The van der Waals surface area contributed by atoms with Crippen molar-refractivity contribution in [2.24, 2.45) is 0 Å². The number of hydrogen-bond acceptors (Lipinski definition) is 6. The first-order chi connectivity index (χ1) is 10.1. The lowest BCUT2D eigenvalue weighted by molar-refractivity contribution is -0.384. The van der Waals surface area contributed by atoms with E-state index in [2.05, 4.69) is 10.3 Å². The molecular formula is C14H13N3O4. The van der Waals surface area contributed by atoms with Crippen molar-refractivity contribution >= 4 is 17.5 Å². The molecule has 7 nitrogen and oxygen atoms in total. The van der Waals surface area contributed by atoms with Crippen LogP contribution in [0.3, 0.4) is 0 Å². The number of hydrogen-bond donors (Lipinski definition) is 1. The SMILES string of the molecule is CNc1ncc(-c2ccc([N+](=O)[O-])cc2)cc1C(=O)OC. The molecule has 108 valence electrons. The van der Waals surface area contributed by atoms with E-state index in [1.807, 2.05) is 0 Å². The maximum atomic E-state index is 11.7. The molecule has 0 saturated carbocycles. The predicted octanol–water partition coefficient (Wildman–Crippen LogP) is 2.49. The van der Waals surface area contributed by atoms with Gasteiger partial charge in [0.15, 0.2) is 0 Å². The van der Waals surface area contributed by atoms with E-state index in [1.165, 1.54) is 19.2 Å². The van der Waals surface area contributed by atoms with E-state index in [9.17, 15) is 14.9 Å². The van der Waals surface area contributed by atoms with Gasteiger partial charge in [0, 0.05) is 30.9 Å². The summed E-state index contributed by atoms with van der Waals surface area (Å²) in [7, 11) is 2.95. The molecule has 0 bridgehead atoms. The maximum absolute atomic E-state index is 11.7. The lowest BCUT2D eigenvalue weighted by atomic mass is 10.1. The van der Waals surface area contributed by atoms with E-state index in [0.29, 0.717) is 16.9 Å². The second-order valence-electron chi connectivity index (χ2n) is 4.17. The number of esters is 1. The monoisotopic (exact) mass is 287 g/mol. The fourth-order valence-electron chi connectivity index (χ4n) is 1.86. The highest BCUT2D eigenvalue weighted by atomic mass is 16.6. The molecule has 2 aromatic rings. The van der Waals surface area contributed by atoms with Crippen molar-refractivity contribution in [1.29, 1.82) is 0 Å². The number of nitrogens with zero attached hydrogens (tertiary/aromatic N) is 2. The van der Waals surface area contributed by atoms with Crippen molar-refractivity contribution in [3.8, 4) is 11.1 Å². The average Bonchev–Trinajstić information content (AvgIpc) is 2.53. The molecule has 1 aromatic heterocycles. The smallest absolute Gasteiger partial charge is 0.341 e. The highest BCUT2D eigenvalue weighted by molar-refractivity contribution is 5.95. The van der Waals surface area contributed by atoms with E-state index in [0.717, 1.165) is 5.56 Å². The topological polar surface area (TPSA) is 94.4 Å². The minimum atomic E-state index is -0.504. The fraction of sp³-hybridized carbons (Fsp3) is 0.143. The molecule has 0 radical (unpaired) electrons. The second-order valence-corrected chi connectivity index (χ2v) is 4.17. The van der Waals surface area contributed by atoms with Crippen LogP contribution in [0.2, 0.25) is 0 Å². The second kappa shape index (κ2) is 6.00. The maximum Gasteiger partial charge on any atom is 0.341 e. The zero-order valence-electron chi connectivity index (χ0n) is 11.5. The third-order valence-electron chi connectivity index (χ3n) is 2.94. The van der Waals surface area contributed by atoms with Crippen molar-refractivity contribution in [3.63, 3.8) is 0 Å². The van der Waals surface area contributed by atoms with E-state index < -0.39 is 10.9 Å². The molecule has 0 fully saturated rings. The van der Waals surface area contributed by atoms with Crippen molar-refractivity contribution in [2.75, 3.05) is 19.5 Å². The zero-order valence-corrected chi connectivity index (χ0v) is 11.5. The van der Waals surface area contributed by atoms with Crippen LogP contribution in [-0.2, 0) is 4.74 Å². The van der Waals surface area contributed by atoms with Crippen LogP contribution in [0.15, 0.2) is 36.5 Å². The number of pyridine rings is 1. The first-order valence-electron chi connectivity index (χ1n) is 6.07. The highest BCUT2D eigenvalue weighted by Crippen LogP contribution is 2.25. The standard InChI is InChI=1S/C14H13N3O4/c1-15-13-12(14(18)21-2)7-10(8-16-13)9-3-5-11(6-4-9)17(19)20/h3-8H,1-2H3,(H,15,16). The first-order valence-corrected chi connectivity index (χ1v) is 6.07.